The van der Waals surface area contributed by atoms with Crippen molar-refractivity contribution in [1.29, 1.82) is 0 Å². The molecule has 0 bridgehead atoms. The molecule has 0 radical (unpaired) electrons. The Morgan fingerprint density at radius 3 is 2.42 bits per heavy atom. The van der Waals surface area contributed by atoms with Crippen molar-refractivity contribution in [3.05, 3.63) is 106 Å². The smallest absolute Gasteiger partial charge is 0.252 e. The lowest BCUT2D eigenvalue weighted by atomic mass is 9.88. The molecule has 1 aliphatic rings. The van der Waals surface area contributed by atoms with Crippen LogP contribution in [-0.4, -0.2) is 5.91 Å². The maximum Gasteiger partial charge on any atom is 0.252 e. The summed E-state index contributed by atoms with van der Waals surface area (Å²) in [5.41, 5.74) is 6.40. The van der Waals surface area contributed by atoms with E-state index in [0.717, 1.165) is 30.4 Å². The maximum absolute atomic E-state index is 13.5. The molecular weight excluding hydrogens is 402 g/mol. The van der Waals surface area contributed by atoms with Gasteiger partial charge in [0.05, 0.1) is 6.04 Å². The zero-order valence-electron chi connectivity index (χ0n) is 17.9. The number of aryl methyl sites for hydroxylation is 2. The SMILES string of the molecule is CC[C@@H](NC(=O)/C(=C/c1ccccc1Cl)c1ccccc1)c1ccc2c(c1)CCCC2. The summed E-state index contributed by atoms with van der Waals surface area (Å²) < 4.78 is 0. The van der Waals surface area contributed by atoms with Gasteiger partial charge in [0.2, 0.25) is 0 Å². The van der Waals surface area contributed by atoms with Gasteiger partial charge in [-0.05, 0) is 72.1 Å². The highest BCUT2D eigenvalue weighted by Gasteiger charge is 2.19. The predicted molar refractivity (Wildman–Crippen MR) is 130 cm³/mol. The molecule has 0 aromatic heterocycles. The lowest BCUT2D eigenvalue weighted by Gasteiger charge is -2.22. The van der Waals surface area contributed by atoms with Gasteiger partial charge < -0.3 is 5.32 Å². The molecular formula is C28H28ClNO. The van der Waals surface area contributed by atoms with Gasteiger partial charge in [-0.1, -0.05) is 85.3 Å². The summed E-state index contributed by atoms with van der Waals surface area (Å²) in [5.74, 6) is -0.0873. The molecule has 1 amide bonds. The standard InChI is InChI=1S/C28H28ClNO/c1-2-27(24-17-16-20-10-6-7-13-22(20)18-24)30-28(31)25(21-11-4-3-5-12-21)19-23-14-8-9-15-26(23)29/h3-5,8-9,11-12,14-19,27H,2,6-7,10,13H2,1H3,(H,30,31)/b25-19+/t27-/m1/s1. The summed E-state index contributed by atoms with van der Waals surface area (Å²) in [7, 11) is 0. The number of carbonyl (C=O) groups excluding carboxylic acids is 1. The molecule has 1 aliphatic carbocycles. The van der Waals surface area contributed by atoms with Gasteiger partial charge >= 0.3 is 0 Å². The molecule has 0 fully saturated rings. The molecule has 0 saturated heterocycles. The second-order valence-electron chi connectivity index (χ2n) is 8.12. The van der Waals surface area contributed by atoms with Crippen LogP contribution in [0.4, 0.5) is 0 Å². The molecule has 0 aliphatic heterocycles. The van der Waals surface area contributed by atoms with Gasteiger partial charge in [0.1, 0.15) is 0 Å². The van der Waals surface area contributed by atoms with E-state index in [1.165, 1.54) is 29.5 Å². The quantitative estimate of drug-likeness (QED) is 0.331. The van der Waals surface area contributed by atoms with Crippen LogP contribution >= 0.6 is 11.6 Å². The molecule has 0 spiro atoms. The van der Waals surface area contributed by atoms with Crippen molar-refractivity contribution in [2.75, 3.05) is 0 Å². The molecule has 0 heterocycles. The number of fused-ring (bicyclic) bond motifs is 1. The fraction of sp³-hybridized carbons (Fsp3) is 0.250. The number of benzene rings is 3. The van der Waals surface area contributed by atoms with Crippen molar-refractivity contribution in [3.63, 3.8) is 0 Å². The highest BCUT2D eigenvalue weighted by atomic mass is 35.5. The third-order valence-corrected chi connectivity index (χ3v) is 6.37. The highest BCUT2D eigenvalue weighted by Crippen LogP contribution is 2.28. The van der Waals surface area contributed by atoms with E-state index >= 15 is 0 Å². The summed E-state index contributed by atoms with van der Waals surface area (Å²) in [5, 5.41) is 3.91. The van der Waals surface area contributed by atoms with Crippen molar-refractivity contribution < 1.29 is 4.79 Å². The number of rotatable bonds is 6. The van der Waals surface area contributed by atoms with E-state index < -0.39 is 0 Å². The number of carbonyl (C=O) groups is 1. The van der Waals surface area contributed by atoms with Gasteiger partial charge in [0.15, 0.2) is 0 Å². The van der Waals surface area contributed by atoms with Crippen molar-refractivity contribution in [3.8, 4) is 0 Å². The normalized spacial score (nSPS) is 14.6. The first-order valence-electron chi connectivity index (χ1n) is 11.1. The monoisotopic (exact) mass is 429 g/mol. The number of hydrogen-bond donors (Lipinski definition) is 1. The fourth-order valence-electron chi connectivity index (χ4n) is 4.27. The minimum atomic E-state index is -0.0873. The highest BCUT2D eigenvalue weighted by molar-refractivity contribution is 6.33. The van der Waals surface area contributed by atoms with Crippen molar-refractivity contribution >= 4 is 29.2 Å². The van der Waals surface area contributed by atoms with E-state index in [0.29, 0.717) is 10.6 Å². The van der Waals surface area contributed by atoms with Crippen molar-refractivity contribution in [2.45, 2.75) is 45.1 Å². The van der Waals surface area contributed by atoms with Crippen LogP contribution < -0.4 is 5.32 Å². The molecule has 1 N–H and O–H groups in total. The topological polar surface area (TPSA) is 29.1 Å². The van der Waals surface area contributed by atoms with Crippen molar-refractivity contribution in [1.82, 2.24) is 5.32 Å². The van der Waals surface area contributed by atoms with Crippen LogP contribution in [-0.2, 0) is 17.6 Å². The first-order valence-corrected chi connectivity index (χ1v) is 11.5. The number of amides is 1. The lowest BCUT2D eigenvalue weighted by Crippen LogP contribution is -2.29. The van der Waals surface area contributed by atoms with Gasteiger partial charge in [0, 0.05) is 10.6 Å². The van der Waals surface area contributed by atoms with Gasteiger partial charge in [-0.25, -0.2) is 0 Å². The molecule has 158 valence electrons. The first-order chi connectivity index (χ1) is 15.2. The molecule has 4 rings (SSSR count). The molecule has 0 unspecified atom stereocenters. The fourth-order valence-corrected chi connectivity index (χ4v) is 4.46. The number of halogens is 1. The van der Waals surface area contributed by atoms with Crippen LogP contribution in [0.3, 0.4) is 0 Å². The van der Waals surface area contributed by atoms with Gasteiger partial charge in [-0.2, -0.15) is 0 Å². The van der Waals surface area contributed by atoms with Crippen LogP contribution in [0.1, 0.15) is 60.0 Å². The molecule has 3 aromatic carbocycles. The van der Waals surface area contributed by atoms with Gasteiger partial charge in [-0.3, -0.25) is 4.79 Å². The molecule has 3 aromatic rings. The summed E-state index contributed by atoms with van der Waals surface area (Å²) in [6.45, 7) is 2.12. The molecule has 2 nitrogen and oxygen atoms in total. The van der Waals surface area contributed by atoms with Gasteiger partial charge in [-0.15, -0.1) is 0 Å². The van der Waals surface area contributed by atoms with E-state index in [9.17, 15) is 4.79 Å². The molecule has 31 heavy (non-hydrogen) atoms. The first kappa shape index (κ1) is 21.4. The molecule has 0 saturated carbocycles. The second kappa shape index (κ2) is 9.98. The Hall–Kier alpha value is -2.84. The minimum absolute atomic E-state index is 0.0296. The Kier molecular flexibility index (Phi) is 6.89. The number of hydrogen-bond acceptors (Lipinski definition) is 1. The average molecular weight is 430 g/mol. The van der Waals surface area contributed by atoms with Crippen molar-refractivity contribution in [2.24, 2.45) is 0 Å². The van der Waals surface area contributed by atoms with E-state index in [-0.39, 0.29) is 11.9 Å². The lowest BCUT2D eigenvalue weighted by molar-refractivity contribution is -0.116. The Bertz CT molecular complexity index is 1090. The largest absolute Gasteiger partial charge is 0.345 e. The summed E-state index contributed by atoms with van der Waals surface area (Å²) >= 11 is 6.38. The molecule has 1 atom stereocenters. The van der Waals surface area contributed by atoms with Crippen LogP contribution in [0.25, 0.3) is 11.6 Å². The van der Waals surface area contributed by atoms with E-state index in [4.69, 9.17) is 11.6 Å². The number of nitrogens with one attached hydrogen (secondary N) is 1. The van der Waals surface area contributed by atoms with Crippen LogP contribution in [0, 0.1) is 0 Å². The van der Waals surface area contributed by atoms with E-state index in [2.05, 4.69) is 30.4 Å². The second-order valence-corrected chi connectivity index (χ2v) is 8.52. The van der Waals surface area contributed by atoms with Crippen LogP contribution in [0.2, 0.25) is 5.02 Å². The Labute approximate surface area is 190 Å². The Morgan fingerprint density at radius 2 is 1.68 bits per heavy atom. The Balaban J connectivity index is 1.64. The van der Waals surface area contributed by atoms with Crippen LogP contribution in [0.5, 0.6) is 0 Å². The summed E-state index contributed by atoms with van der Waals surface area (Å²) in [6.07, 6.45) is 7.53. The van der Waals surface area contributed by atoms with E-state index in [1.54, 1.807) is 0 Å². The Morgan fingerprint density at radius 1 is 0.968 bits per heavy atom. The van der Waals surface area contributed by atoms with Crippen LogP contribution in [0.15, 0.2) is 72.8 Å². The molecule has 3 heteroatoms. The van der Waals surface area contributed by atoms with Gasteiger partial charge in [0.25, 0.3) is 5.91 Å². The van der Waals surface area contributed by atoms with E-state index in [1.807, 2.05) is 60.7 Å². The predicted octanol–water partition coefficient (Wildman–Crippen LogP) is 7.03. The summed E-state index contributed by atoms with van der Waals surface area (Å²) in [6, 6.07) is 24.1. The zero-order valence-corrected chi connectivity index (χ0v) is 18.7. The maximum atomic E-state index is 13.5. The minimum Gasteiger partial charge on any atom is -0.345 e. The third kappa shape index (κ3) is 5.08. The summed E-state index contributed by atoms with van der Waals surface area (Å²) in [4.78, 5) is 13.5. The average Bonchev–Trinajstić information content (AvgIpc) is 2.82. The third-order valence-electron chi connectivity index (χ3n) is 6.02. The zero-order chi connectivity index (χ0) is 21.6.